The second kappa shape index (κ2) is 7.64. The van der Waals surface area contributed by atoms with Gasteiger partial charge in [0.25, 0.3) is 0 Å². The Balaban J connectivity index is 1.48. The van der Waals surface area contributed by atoms with Gasteiger partial charge in [-0.2, -0.15) is 0 Å². The molecule has 4 rings (SSSR count). The average Bonchev–Trinajstić information content (AvgIpc) is 2.72. The monoisotopic (exact) mass is 375 g/mol. The Morgan fingerprint density at radius 2 is 2.11 bits per heavy atom. The number of amides is 1. The molecule has 0 spiro atoms. The number of carbonyl (C=O) groups excluding carboxylic acids is 1. The van der Waals surface area contributed by atoms with Crippen LogP contribution in [-0.2, 0) is 11.3 Å². The third kappa shape index (κ3) is 3.78. The molecule has 3 heterocycles. The number of nitrogens with zero attached hydrogens (tertiary/aromatic N) is 3. The molecule has 0 saturated carbocycles. The minimum absolute atomic E-state index is 0.202. The van der Waals surface area contributed by atoms with Gasteiger partial charge in [0.1, 0.15) is 18.8 Å². The van der Waals surface area contributed by atoms with E-state index in [9.17, 15) is 4.79 Å². The van der Waals surface area contributed by atoms with Gasteiger partial charge < -0.3 is 10.1 Å². The van der Waals surface area contributed by atoms with E-state index in [1.165, 1.54) is 0 Å². The van der Waals surface area contributed by atoms with Crippen molar-refractivity contribution in [2.45, 2.75) is 26.4 Å². The standard InChI is InChI=1S/C21H21N5O2/c1-13(16-4-3-5-18-17(16)11-28-21(27)26-18)9-23-20-8-19(24-12-25-20)15-7-6-14(2)22-10-15/h3-8,10,12-13H,9,11H2,1-2H3,(H,26,27)(H,23,24,25). The number of carbonyl (C=O) groups is 1. The number of anilines is 2. The summed E-state index contributed by atoms with van der Waals surface area (Å²) in [4.78, 5) is 24.4. The van der Waals surface area contributed by atoms with Gasteiger partial charge in [0, 0.05) is 35.6 Å². The van der Waals surface area contributed by atoms with E-state index >= 15 is 0 Å². The molecule has 3 aromatic rings. The largest absolute Gasteiger partial charge is 0.444 e. The van der Waals surface area contributed by atoms with Crippen LogP contribution in [0.1, 0.15) is 29.7 Å². The Bertz CT molecular complexity index is 1000. The first kappa shape index (κ1) is 17.9. The number of rotatable bonds is 5. The summed E-state index contributed by atoms with van der Waals surface area (Å²) in [5, 5.41) is 6.13. The molecule has 2 N–H and O–H groups in total. The first-order chi connectivity index (χ1) is 13.6. The minimum atomic E-state index is -0.408. The fraction of sp³-hybridized carbons (Fsp3) is 0.238. The maximum Gasteiger partial charge on any atom is 0.411 e. The lowest BCUT2D eigenvalue weighted by Crippen LogP contribution is -2.22. The summed E-state index contributed by atoms with van der Waals surface area (Å²) < 4.78 is 5.13. The number of hydrogen-bond acceptors (Lipinski definition) is 6. The normalized spacial score (nSPS) is 13.9. The van der Waals surface area contributed by atoms with Crippen molar-refractivity contribution < 1.29 is 9.53 Å². The van der Waals surface area contributed by atoms with E-state index in [2.05, 4.69) is 38.6 Å². The number of hydrogen-bond donors (Lipinski definition) is 2. The van der Waals surface area contributed by atoms with Gasteiger partial charge >= 0.3 is 6.09 Å². The van der Waals surface area contributed by atoms with Crippen molar-refractivity contribution in [3.05, 3.63) is 65.7 Å². The van der Waals surface area contributed by atoms with Gasteiger partial charge in [0.15, 0.2) is 0 Å². The van der Waals surface area contributed by atoms with Crippen molar-refractivity contribution in [1.82, 2.24) is 15.0 Å². The van der Waals surface area contributed by atoms with Crippen LogP contribution < -0.4 is 10.6 Å². The number of benzene rings is 1. The van der Waals surface area contributed by atoms with E-state index in [0.717, 1.165) is 39.6 Å². The molecule has 1 aliphatic heterocycles. The van der Waals surface area contributed by atoms with E-state index in [0.29, 0.717) is 13.2 Å². The molecule has 2 aromatic heterocycles. The number of pyridine rings is 1. The van der Waals surface area contributed by atoms with Crippen LogP contribution in [0.3, 0.4) is 0 Å². The summed E-state index contributed by atoms with van der Waals surface area (Å²) in [7, 11) is 0. The molecule has 7 nitrogen and oxygen atoms in total. The highest BCUT2D eigenvalue weighted by molar-refractivity contribution is 5.87. The second-order valence-corrected chi connectivity index (χ2v) is 6.83. The molecule has 1 amide bonds. The molecule has 142 valence electrons. The molecular weight excluding hydrogens is 354 g/mol. The van der Waals surface area contributed by atoms with Gasteiger partial charge in [0.05, 0.1) is 11.4 Å². The Hall–Kier alpha value is -3.48. The van der Waals surface area contributed by atoms with Gasteiger partial charge in [-0.15, -0.1) is 0 Å². The van der Waals surface area contributed by atoms with E-state index in [4.69, 9.17) is 4.74 Å². The van der Waals surface area contributed by atoms with Crippen LogP contribution in [0.4, 0.5) is 16.3 Å². The Labute approximate surface area is 163 Å². The summed E-state index contributed by atoms with van der Waals surface area (Å²) in [6.45, 7) is 5.06. The highest BCUT2D eigenvalue weighted by Gasteiger charge is 2.21. The van der Waals surface area contributed by atoms with Gasteiger partial charge in [-0.05, 0) is 36.6 Å². The first-order valence-electron chi connectivity index (χ1n) is 9.14. The Kier molecular flexibility index (Phi) is 4.89. The third-order valence-corrected chi connectivity index (χ3v) is 4.79. The quantitative estimate of drug-likeness (QED) is 0.697. The van der Waals surface area contributed by atoms with E-state index < -0.39 is 6.09 Å². The predicted molar refractivity (Wildman–Crippen MR) is 107 cm³/mol. The van der Waals surface area contributed by atoms with Crippen LogP contribution in [0.15, 0.2) is 48.9 Å². The van der Waals surface area contributed by atoms with Gasteiger partial charge in [-0.25, -0.2) is 14.8 Å². The summed E-state index contributed by atoms with van der Waals surface area (Å²) in [5.74, 6) is 0.958. The maximum absolute atomic E-state index is 11.4. The van der Waals surface area contributed by atoms with Crippen LogP contribution in [0, 0.1) is 6.92 Å². The molecule has 7 heteroatoms. The number of aryl methyl sites for hydroxylation is 1. The Morgan fingerprint density at radius 3 is 2.93 bits per heavy atom. The smallest absolute Gasteiger partial charge is 0.411 e. The third-order valence-electron chi connectivity index (χ3n) is 4.79. The van der Waals surface area contributed by atoms with Crippen molar-refractivity contribution >= 4 is 17.6 Å². The molecule has 1 atom stereocenters. The molecule has 28 heavy (non-hydrogen) atoms. The summed E-state index contributed by atoms with van der Waals surface area (Å²) >= 11 is 0. The topological polar surface area (TPSA) is 89.0 Å². The molecule has 0 saturated heterocycles. The molecule has 1 unspecified atom stereocenters. The van der Waals surface area contributed by atoms with Crippen molar-refractivity contribution in [1.29, 1.82) is 0 Å². The number of fused-ring (bicyclic) bond motifs is 1. The first-order valence-corrected chi connectivity index (χ1v) is 9.14. The van der Waals surface area contributed by atoms with Crippen molar-refractivity contribution in [2.75, 3.05) is 17.2 Å². The number of ether oxygens (including phenoxy) is 1. The number of aromatic nitrogens is 3. The molecule has 0 radical (unpaired) electrons. The molecule has 1 aliphatic rings. The van der Waals surface area contributed by atoms with E-state index in [1.54, 1.807) is 6.33 Å². The minimum Gasteiger partial charge on any atom is -0.444 e. The molecule has 0 fully saturated rings. The SMILES string of the molecule is Cc1ccc(-c2cc(NCC(C)c3cccc4c3COC(=O)N4)ncn2)cn1. The second-order valence-electron chi connectivity index (χ2n) is 6.83. The van der Waals surface area contributed by atoms with Crippen LogP contribution in [0.25, 0.3) is 11.3 Å². The van der Waals surface area contributed by atoms with Crippen molar-refractivity contribution in [3.8, 4) is 11.3 Å². The maximum atomic E-state index is 11.4. The predicted octanol–water partition coefficient (Wildman–Crippen LogP) is 4.12. The van der Waals surface area contributed by atoms with Crippen molar-refractivity contribution in [3.63, 3.8) is 0 Å². The average molecular weight is 375 g/mol. The van der Waals surface area contributed by atoms with Crippen LogP contribution in [0.2, 0.25) is 0 Å². The van der Waals surface area contributed by atoms with E-state index in [-0.39, 0.29) is 5.92 Å². The lowest BCUT2D eigenvalue weighted by atomic mass is 9.94. The lowest BCUT2D eigenvalue weighted by Gasteiger charge is -2.23. The van der Waals surface area contributed by atoms with Gasteiger partial charge in [0.2, 0.25) is 0 Å². The van der Waals surface area contributed by atoms with Crippen LogP contribution >= 0.6 is 0 Å². The fourth-order valence-corrected chi connectivity index (χ4v) is 3.23. The zero-order chi connectivity index (χ0) is 19.5. The van der Waals surface area contributed by atoms with Crippen LogP contribution in [-0.4, -0.2) is 27.6 Å². The molecular formula is C21H21N5O2. The molecule has 1 aromatic carbocycles. The number of cyclic esters (lactones) is 1. The zero-order valence-electron chi connectivity index (χ0n) is 15.8. The highest BCUT2D eigenvalue weighted by Crippen LogP contribution is 2.30. The Morgan fingerprint density at radius 1 is 1.21 bits per heavy atom. The van der Waals surface area contributed by atoms with Crippen LogP contribution in [0.5, 0.6) is 0 Å². The fourth-order valence-electron chi connectivity index (χ4n) is 3.23. The van der Waals surface area contributed by atoms with Gasteiger partial charge in [-0.1, -0.05) is 19.1 Å². The number of nitrogens with one attached hydrogen (secondary N) is 2. The summed E-state index contributed by atoms with van der Waals surface area (Å²) in [6, 6.07) is 11.8. The highest BCUT2D eigenvalue weighted by atomic mass is 16.5. The van der Waals surface area contributed by atoms with Crippen molar-refractivity contribution in [2.24, 2.45) is 0 Å². The summed E-state index contributed by atoms with van der Waals surface area (Å²) in [6.07, 6.45) is 2.96. The zero-order valence-corrected chi connectivity index (χ0v) is 15.8. The van der Waals surface area contributed by atoms with Gasteiger partial charge in [-0.3, -0.25) is 10.3 Å². The van der Waals surface area contributed by atoms with E-state index in [1.807, 2.05) is 43.5 Å². The molecule has 0 bridgehead atoms. The summed E-state index contributed by atoms with van der Waals surface area (Å²) in [5.41, 5.74) is 5.72. The lowest BCUT2D eigenvalue weighted by molar-refractivity contribution is 0.151. The molecule has 0 aliphatic carbocycles.